The van der Waals surface area contributed by atoms with E-state index in [9.17, 15) is 0 Å². The summed E-state index contributed by atoms with van der Waals surface area (Å²) in [4.78, 5) is 0. The lowest BCUT2D eigenvalue weighted by atomic mass is 9.90. The minimum absolute atomic E-state index is 0.410. The van der Waals surface area contributed by atoms with E-state index in [4.69, 9.17) is 9.47 Å². The van der Waals surface area contributed by atoms with Crippen LogP contribution < -0.4 is 14.8 Å². The Morgan fingerprint density at radius 3 is 2.56 bits per heavy atom. The van der Waals surface area contributed by atoms with Crippen molar-refractivity contribution in [3.8, 4) is 11.5 Å². The Morgan fingerprint density at radius 2 is 1.89 bits per heavy atom. The fraction of sp³-hybridized carbons (Fsp3) is 0.600. The number of ether oxygens (including phenoxy) is 2. The Kier molecular flexibility index (Phi) is 3.16. The quantitative estimate of drug-likeness (QED) is 0.887. The number of hydrogen-bond donors (Lipinski definition) is 1. The summed E-state index contributed by atoms with van der Waals surface area (Å²) in [5, 5.41) is 3.45. The summed E-state index contributed by atoms with van der Waals surface area (Å²) < 4.78 is 11.2. The van der Waals surface area contributed by atoms with Gasteiger partial charge in [-0.1, -0.05) is 13.0 Å². The van der Waals surface area contributed by atoms with Gasteiger partial charge in [0.1, 0.15) is 13.2 Å². The van der Waals surface area contributed by atoms with Crippen LogP contribution in [0, 0.1) is 11.8 Å². The second kappa shape index (κ2) is 4.81. The second-order valence-corrected chi connectivity index (χ2v) is 5.37. The number of rotatable bonds is 4. The smallest absolute Gasteiger partial charge is 0.161 e. The van der Waals surface area contributed by atoms with Crippen molar-refractivity contribution in [3.05, 3.63) is 23.8 Å². The Bertz CT molecular complexity index is 429. The Morgan fingerprint density at radius 1 is 1.17 bits per heavy atom. The molecule has 0 aromatic heterocycles. The molecule has 2 atom stereocenters. The van der Waals surface area contributed by atoms with Gasteiger partial charge in [-0.3, -0.25) is 0 Å². The molecular formula is C15H21NO2. The van der Waals surface area contributed by atoms with Crippen LogP contribution in [-0.2, 0) is 0 Å². The normalized spacial score (nSPS) is 21.4. The van der Waals surface area contributed by atoms with Crippen LogP contribution in [0.25, 0.3) is 0 Å². The van der Waals surface area contributed by atoms with Gasteiger partial charge in [-0.25, -0.2) is 0 Å². The predicted octanol–water partition coefficient (Wildman–Crippen LogP) is 2.76. The SMILES string of the molecule is CNC(c1ccc2c(c1)OCCO2)C(C)C1CC1. The lowest BCUT2D eigenvalue weighted by molar-refractivity contribution is 0.171. The summed E-state index contributed by atoms with van der Waals surface area (Å²) >= 11 is 0. The van der Waals surface area contributed by atoms with Crippen LogP contribution in [0.3, 0.4) is 0 Å². The van der Waals surface area contributed by atoms with Crippen LogP contribution in [0.5, 0.6) is 11.5 Å². The van der Waals surface area contributed by atoms with E-state index >= 15 is 0 Å². The van der Waals surface area contributed by atoms with Gasteiger partial charge in [0, 0.05) is 6.04 Å². The minimum atomic E-state index is 0.410. The molecule has 98 valence electrons. The van der Waals surface area contributed by atoms with E-state index in [0.29, 0.717) is 25.2 Å². The third-order valence-electron chi connectivity index (χ3n) is 4.13. The molecule has 3 nitrogen and oxygen atoms in total. The van der Waals surface area contributed by atoms with Crippen LogP contribution >= 0.6 is 0 Å². The van der Waals surface area contributed by atoms with E-state index in [2.05, 4.69) is 24.4 Å². The zero-order valence-corrected chi connectivity index (χ0v) is 11.1. The average Bonchev–Trinajstić information content (AvgIpc) is 3.23. The maximum atomic E-state index is 5.66. The van der Waals surface area contributed by atoms with Gasteiger partial charge in [-0.2, -0.15) is 0 Å². The molecule has 1 saturated carbocycles. The van der Waals surface area contributed by atoms with Crippen molar-refractivity contribution >= 4 is 0 Å². The molecular weight excluding hydrogens is 226 g/mol. The molecule has 3 heteroatoms. The van der Waals surface area contributed by atoms with Crippen molar-refractivity contribution < 1.29 is 9.47 Å². The molecule has 2 unspecified atom stereocenters. The van der Waals surface area contributed by atoms with Crippen LogP contribution in [0.4, 0.5) is 0 Å². The molecule has 2 aliphatic rings. The largest absolute Gasteiger partial charge is 0.486 e. The van der Waals surface area contributed by atoms with E-state index in [-0.39, 0.29) is 0 Å². The predicted molar refractivity (Wildman–Crippen MR) is 71.1 cm³/mol. The number of benzene rings is 1. The Balaban J connectivity index is 1.85. The summed E-state index contributed by atoms with van der Waals surface area (Å²) in [6, 6.07) is 6.74. The highest BCUT2D eigenvalue weighted by molar-refractivity contribution is 5.44. The van der Waals surface area contributed by atoms with Gasteiger partial charge >= 0.3 is 0 Å². The molecule has 1 aliphatic carbocycles. The van der Waals surface area contributed by atoms with Gasteiger partial charge in [-0.05, 0) is 49.4 Å². The molecule has 0 spiro atoms. The summed E-state index contributed by atoms with van der Waals surface area (Å²) in [6.07, 6.45) is 2.76. The van der Waals surface area contributed by atoms with Gasteiger partial charge in [0.15, 0.2) is 11.5 Å². The zero-order valence-electron chi connectivity index (χ0n) is 11.1. The standard InChI is InChI=1S/C15H21NO2/c1-10(11-3-4-11)15(16-2)12-5-6-13-14(9-12)18-8-7-17-13/h5-6,9-11,15-16H,3-4,7-8H2,1-2H3. The summed E-state index contributed by atoms with van der Waals surface area (Å²) in [5.74, 6) is 3.33. The van der Waals surface area contributed by atoms with Gasteiger partial charge in [0.25, 0.3) is 0 Å². The molecule has 1 heterocycles. The highest BCUT2D eigenvalue weighted by atomic mass is 16.6. The molecule has 0 bridgehead atoms. The van der Waals surface area contributed by atoms with Gasteiger partial charge < -0.3 is 14.8 Å². The third-order valence-corrected chi connectivity index (χ3v) is 4.13. The Hall–Kier alpha value is -1.22. The number of hydrogen-bond acceptors (Lipinski definition) is 3. The van der Waals surface area contributed by atoms with Crippen molar-refractivity contribution in [2.75, 3.05) is 20.3 Å². The molecule has 1 aromatic carbocycles. The van der Waals surface area contributed by atoms with Gasteiger partial charge in [0.2, 0.25) is 0 Å². The van der Waals surface area contributed by atoms with Crippen molar-refractivity contribution in [2.45, 2.75) is 25.8 Å². The first-order valence-corrected chi connectivity index (χ1v) is 6.86. The van der Waals surface area contributed by atoms with E-state index < -0.39 is 0 Å². The van der Waals surface area contributed by atoms with Gasteiger partial charge in [-0.15, -0.1) is 0 Å². The van der Waals surface area contributed by atoms with Crippen LogP contribution in [-0.4, -0.2) is 20.3 Å². The summed E-state index contributed by atoms with van der Waals surface area (Å²) in [5.41, 5.74) is 1.31. The van der Waals surface area contributed by atoms with Crippen molar-refractivity contribution in [1.29, 1.82) is 0 Å². The van der Waals surface area contributed by atoms with E-state index in [0.717, 1.165) is 17.4 Å². The maximum Gasteiger partial charge on any atom is 0.161 e. The molecule has 0 saturated heterocycles. The van der Waals surface area contributed by atoms with E-state index in [1.807, 2.05) is 13.1 Å². The minimum Gasteiger partial charge on any atom is -0.486 e. The molecule has 0 amide bonds. The van der Waals surface area contributed by atoms with E-state index in [1.54, 1.807) is 0 Å². The number of nitrogens with one attached hydrogen (secondary N) is 1. The van der Waals surface area contributed by atoms with Crippen LogP contribution in [0.1, 0.15) is 31.4 Å². The monoisotopic (exact) mass is 247 g/mol. The molecule has 18 heavy (non-hydrogen) atoms. The molecule has 0 radical (unpaired) electrons. The van der Waals surface area contributed by atoms with E-state index in [1.165, 1.54) is 18.4 Å². The third kappa shape index (κ3) is 2.19. The topological polar surface area (TPSA) is 30.5 Å². The Labute approximate surface area is 108 Å². The summed E-state index contributed by atoms with van der Waals surface area (Å²) in [6.45, 7) is 3.65. The molecule has 1 fully saturated rings. The van der Waals surface area contributed by atoms with Crippen molar-refractivity contribution in [1.82, 2.24) is 5.32 Å². The first-order valence-electron chi connectivity index (χ1n) is 6.86. The molecule has 1 N–H and O–H groups in total. The summed E-state index contributed by atoms with van der Waals surface area (Å²) in [7, 11) is 2.04. The first-order chi connectivity index (χ1) is 8.79. The van der Waals surface area contributed by atoms with Crippen molar-refractivity contribution in [2.24, 2.45) is 11.8 Å². The molecule has 1 aliphatic heterocycles. The maximum absolute atomic E-state index is 5.66. The fourth-order valence-electron chi connectivity index (χ4n) is 2.88. The van der Waals surface area contributed by atoms with Crippen molar-refractivity contribution in [3.63, 3.8) is 0 Å². The first kappa shape index (κ1) is 11.8. The lowest BCUT2D eigenvalue weighted by Crippen LogP contribution is -2.25. The number of fused-ring (bicyclic) bond motifs is 1. The average molecular weight is 247 g/mol. The highest BCUT2D eigenvalue weighted by Gasteiger charge is 2.33. The zero-order chi connectivity index (χ0) is 12.5. The fourth-order valence-corrected chi connectivity index (χ4v) is 2.88. The lowest BCUT2D eigenvalue weighted by Gasteiger charge is -2.26. The second-order valence-electron chi connectivity index (χ2n) is 5.37. The molecule has 1 aromatic rings. The molecule has 3 rings (SSSR count). The van der Waals surface area contributed by atoms with Gasteiger partial charge in [0.05, 0.1) is 0 Å². The van der Waals surface area contributed by atoms with Crippen LogP contribution in [0.15, 0.2) is 18.2 Å². The highest BCUT2D eigenvalue weighted by Crippen LogP contribution is 2.43. The van der Waals surface area contributed by atoms with Crippen LogP contribution in [0.2, 0.25) is 0 Å².